The van der Waals surface area contributed by atoms with Crippen molar-refractivity contribution in [2.45, 2.75) is 5.92 Å². The highest BCUT2D eigenvalue weighted by Gasteiger charge is 2.35. The summed E-state index contributed by atoms with van der Waals surface area (Å²) in [6.07, 6.45) is 0. The highest BCUT2D eigenvalue weighted by Crippen LogP contribution is 2.36. The lowest BCUT2D eigenvalue weighted by Gasteiger charge is -2.25. The Labute approximate surface area is 148 Å². The van der Waals surface area contributed by atoms with Crippen LogP contribution in [0.25, 0.3) is 10.9 Å². The molecule has 1 aliphatic rings. The topological polar surface area (TPSA) is 41.0 Å². The third-order valence-corrected chi connectivity index (χ3v) is 4.91. The van der Waals surface area contributed by atoms with Gasteiger partial charge in [0.15, 0.2) is 5.82 Å². The van der Waals surface area contributed by atoms with E-state index in [9.17, 15) is 13.2 Å². The summed E-state index contributed by atoms with van der Waals surface area (Å²) >= 11 is 14.9. The molecule has 0 bridgehead atoms. The standard InChI is InChI=1S/C13H10BrCl2F3N4/c14-8-7(15)3-6-10(9(8)17)21-12(16)22-11(6)23-2-1-20-4-13(18,19)5-23/h3,20H,1-2,4-5H2. The molecule has 0 saturated carbocycles. The molecule has 2 aromatic rings. The van der Waals surface area contributed by atoms with Crippen LogP contribution in [0.15, 0.2) is 10.5 Å². The number of halogens is 6. The van der Waals surface area contributed by atoms with Crippen molar-refractivity contribution in [3.8, 4) is 0 Å². The van der Waals surface area contributed by atoms with Gasteiger partial charge in [-0.1, -0.05) is 11.6 Å². The monoisotopic (exact) mass is 428 g/mol. The second-order valence-corrected chi connectivity index (χ2v) is 6.69. The zero-order valence-corrected chi connectivity index (χ0v) is 14.6. The number of hydrogen-bond donors (Lipinski definition) is 1. The van der Waals surface area contributed by atoms with Crippen LogP contribution in [-0.2, 0) is 0 Å². The third-order valence-electron chi connectivity index (χ3n) is 3.44. The smallest absolute Gasteiger partial charge is 0.277 e. The van der Waals surface area contributed by atoms with E-state index in [-0.39, 0.29) is 38.0 Å². The van der Waals surface area contributed by atoms with Crippen LogP contribution in [0.2, 0.25) is 10.3 Å². The van der Waals surface area contributed by atoms with E-state index in [1.807, 2.05) is 0 Å². The Hall–Kier alpha value is -0.830. The van der Waals surface area contributed by atoms with E-state index in [1.165, 1.54) is 11.0 Å². The van der Waals surface area contributed by atoms with Gasteiger partial charge in [-0.15, -0.1) is 0 Å². The number of nitrogens with one attached hydrogen (secondary N) is 1. The van der Waals surface area contributed by atoms with Crippen molar-refractivity contribution in [2.75, 3.05) is 31.1 Å². The first-order valence-electron chi connectivity index (χ1n) is 6.63. The van der Waals surface area contributed by atoms with Crippen LogP contribution in [0.3, 0.4) is 0 Å². The molecule has 0 amide bonds. The van der Waals surface area contributed by atoms with Crippen LogP contribution in [0.5, 0.6) is 0 Å². The largest absolute Gasteiger partial charge is 0.349 e. The maximum Gasteiger partial charge on any atom is 0.277 e. The van der Waals surface area contributed by atoms with Crippen LogP contribution >= 0.6 is 39.1 Å². The molecule has 3 rings (SSSR count). The van der Waals surface area contributed by atoms with Crippen LogP contribution in [0.1, 0.15) is 0 Å². The van der Waals surface area contributed by atoms with Gasteiger partial charge in [0, 0.05) is 18.5 Å². The Morgan fingerprint density at radius 1 is 1.30 bits per heavy atom. The van der Waals surface area contributed by atoms with Crippen LogP contribution in [0.4, 0.5) is 19.0 Å². The van der Waals surface area contributed by atoms with E-state index >= 15 is 0 Å². The first kappa shape index (κ1) is 17.0. The lowest BCUT2D eigenvalue weighted by Crippen LogP contribution is -2.39. The fraction of sp³-hybridized carbons (Fsp3) is 0.385. The van der Waals surface area contributed by atoms with Crippen molar-refractivity contribution in [2.24, 2.45) is 0 Å². The summed E-state index contributed by atoms with van der Waals surface area (Å²) < 4.78 is 42.1. The average Bonchev–Trinajstić information content (AvgIpc) is 2.66. The Morgan fingerprint density at radius 2 is 2.04 bits per heavy atom. The molecule has 0 radical (unpaired) electrons. The molecule has 0 spiro atoms. The molecule has 1 aromatic carbocycles. The highest BCUT2D eigenvalue weighted by atomic mass is 79.9. The number of fused-ring (bicyclic) bond motifs is 1. The molecule has 23 heavy (non-hydrogen) atoms. The SMILES string of the molecule is Fc1c(Br)c(Cl)cc2c(N3CCNCC(F)(F)C3)nc(Cl)nc12. The van der Waals surface area contributed by atoms with Gasteiger partial charge >= 0.3 is 0 Å². The van der Waals surface area contributed by atoms with E-state index < -0.39 is 24.8 Å². The fourth-order valence-corrected chi connectivity index (χ4v) is 3.11. The molecule has 1 N–H and O–H groups in total. The zero-order chi connectivity index (χ0) is 16.8. The quantitative estimate of drug-likeness (QED) is 0.551. The van der Waals surface area contributed by atoms with Crippen LogP contribution in [-0.4, -0.2) is 42.1 Å². The normalized spacial score (nSPS) is 18.3. The van der Waals surface area contributed by atoms with Gasteiger partial charge in [-0.05, 0) is 33.6 Å². The van der Waals surface area contributed by atoms with Crippen molar-refractivity contribution in [1.29, 1.82) is 0 Å². The van der Waals surface area contributed by atoms with Gasteiger partial charge in [-0.3, -0.25) is 0 Å². The summed E-state index contributed by atoms with van der Waals surface area (Å²) in [6, 6.07) is 1.44. The second-order valence-electron chi connectivity index (χ2n) is 5.15. The third kappa shape index (κ3) is 3.35. The van der Waals surface area contributed by atoms with Crippen LogP contribution in [0, 0.1) is 5.82 Å². The van der Waals surface area contributed by atoms with Gasteiger partial charge in [0.25, 0.3) is 5.92 Å². The summed E-state index contributed by atoms with van der Waals surface area (Å²) in [4.78, 5) is 9.24. The molecule has 0 unspecified atom stereocenters. The van der Waals surface area contributed by atoms with Crippen LogP contribution < -0.4 is 10.2 Å². The number of benzene rings is 1. The lowest BCUT2D eigenvalue weighted by molar-refractivity contribution is 0.0156. The molecule has 0 atom stereocenters. The molecule has 0 aliphatic carbocycles. The predicted octanol–water partition coefficient (Wildman–Crippen LogP) is 3.88. The number of rotatable bonds is 1. The molecule has 1 aromatic heterocycles. The molecular weight excluding hydrogens is 420 g/mol. The summed E-state index contributed by atoms with van der Waals surface area (Å²) in [7, 11) is 0. The number of nitrogens with zero attached hydrogens (tertiary/aromatic N) is 3. The van der Waals surface area contributed by atoms with Crippen molar-refractivity contribution < 1.29 is 13.2 Å². The lowest BCUT2D eigenvalue weighted by atomic mass is 10.2. The van der Waals surface area contributed by atoms with Gasteiger partial charge in [0.1, 0.15) is 11.3 Å². The number of aromatic nitrogens is 2. The fourth-order valence-electron chi connectivity index (χ4n) is 2.45. The van der Waals surface area contributed by atoms with Gasteiger partial charge in [-0.25, -0.2) is 18.2 Å². The molecule has 2 heterocycles. The Kier molecular flexibility index (Phi) is 4.61. The van der Waals surface area contributed by atoms with Gasteiger partial charge in [-0.2, -0.15) is 4.98 Å². The van der Waals surface area contributed by atoms with Crippen molar-refractivity contribution >= 4 is 55.9 Å². The molecule has 4 nitrogen and oxygen atoms in total. The summed E-state index contributed by atoms with van der Waals surface area (Å²) in [6.45, 7) is -0.378. The average molecular weight is 430 g/mol. The first-order chi connectivity index (χ1) is 10.8. The minimum absolute atomic E-state index is 0.0373. The predicted molar refractivity (Wildman–Crippen MR) is 87.2 cm³/mol. The van der Waals surface area contributed by atoms with E-state index in [0.29, 0.717) is 6.54 Å². The zero-order valence-electron chi connectivity index (χ0n) is 11.5. The molecule has 1 aliphatic heterocycles. The van der Waals surface area contributed by atoms with E-state index in [2.05, 4.69) is 31.2 Å². The second kappa shape index (κ2) is 6.23. The highest BCUT2D eigenvalue weighted by molar-refractivity contribution is 9.10. The number of hydrogen-bond acceptors (Lipinski definition) is 4. The van der Waals surface area contributed by atoms with Gasteiger partial charge in [0.05, 0.1) is 22.6 Å². The molecular formula is C13H10BrCl2F3N4. The number of anilines is 1. The molecule has 124 valence electrons. The maximum absolute atomic E-state index is 14.4. The molecule has 1 saturated heterocycles. The van der Waals surface area contributed by atoms with Crippen molar-refractivity contribution in [3.63, 3.8) is 0 Å². The minimum atomic E-state index is -2.95. The van der Waals surface area contributed by atoms with Gasteiger partial charge in [0.2, 0.25) is 5.28 Å². The molecule has 10 heteroatoms. The van der Waals surface area contributed by atoms with E-state index in [4.69, 9.17) is 23.2 Å². The van der Waals surface area contributed by atoms with E-state index in [0.717, 1.165) is 0 Å². The Bertz CT molecular complexity index is 775. The maximum atomic E-state index is 14.4. The van der Waals surface area contributed by atoms with E-state index in [1.54, 1.807) is 0 Å². The minimum Gasteiger partial charge on any atom is -0.349 e. The van der Waals surface area contributed by atoms with Crippen molar-refractivity contribution in [1.82, 2.24) is 15.3 Å². The summed E-state index contributed by atoms with van der Waals surface area (Å²) in [5.41, 5.74) is -0.0724. The Morgan fingerprint density at radius 3 is 2.78 bits per heavy atom. The summed E-state index contributed by atoms with van der Waals surface area (Å²) in [5.74, 6) is -3.52. The first-order valence-corrected chi connectivity index (χ1v) is 8.17. The molecule has 1 fully saturated rings. The number of alkyl halides is 2. The van der Waals surface area contributed by atoms with Crippen molar-refractivity contribution in [3.05, 3.63) is 26.7 Å². The Balaban J connectivity index is 2.20. The summed E-state index contributed by atoms with van der Waals surface area (Å²) in [5, 5.41) is 2.77. The van der Waals surface area contributed by atoms with Gasteiger partial charge < -0.3 is 10.2 Å².